The van der Waals surface area contributed by atoms with E-state index in [4.69, 9.17) is 15.2 Å². The predicted molar refractivity (Wildman–Crippen MR) is 91.5 cm³/mol. The molecule has 5 heteroatoms. The molecule has 0 atom stereocenters. The maximum absolute atomic E-state index is 5.80. The molecule has 0 aliphatic carbocycles. The molecule has 0 unspecified atom stereocenters. The lowest BCUT2D eigenvalue weighted by molar-refractivity contribution is 0.146. The van der Waals surface area contributed by atoms with Crippen LogP contribution in [0.4, 0.5) is 0 Å². The quantitative estimate of drug-likeness (QED) is 0.374. The number of nitrogens with one attached hydrogen (secondary N) is 1. The minimum Gasteiger partial charge on any atom is -0.497 e. The minimum absolute atomic E-state index is 0.529. The Morgan fingerprint density at radius 2 is 1.95 bits per heavy atom. The highest BCUT2D eigenvalue weighted by Crippen LogP contribution is 2.12. The van der Waals surface area contributed by atoms with Crippen molar-refractivity contribution in [3.63, 3.8) is 0 Å². The van der Waals surface area contributed by atoms with Gasteiger partial charge in [-0.15, -0.1) is 0 Å². The summed E-state index contributed by atoms with van der Waals surface area (Å²) < 4.78 is 10.4. The highest BCUT2D eigenvalue weighted by atomic mass is 16.5. The zero-order valence-corrected chi connectivity index (χ0v) is 13.8. The molecule has 0 saturated heterocycles. The van der Waals surface area contributed by atoms with Gasteiger partial charge in [-0.1, -0.05) is 12.1 Å². The molecule has 0 heterocycles. The van der Waals surface area contributed by atoms with Gasteiger partial charge in [0.15, 0.2) is 5.96 Å². The second-order valence-electron chi connectivity index (χ2n) is 5.05. The predicted octanol–water partition coefficient (Wildman–Crippen LogP) is 2.35. The first-order valence-corrected chi connectivity index (χ1v) is 8.00. The van der Waals surface area contributed by atoms with Gasteiger partial charge < -0.3 is 20.5 Å². The summed E-state index contributed by atoms with van der Waals surface area (Å²) in [5.74, 6) is 1.43. The monoisotopic (exact) mass is 307 g/mol. The second kappa shape index (κ2) is 11.9. The van der Waals surface area contributed by atoms with Gasteiger partial charge in [-0.3, -0.25) is 4.99 Å². The summed E-state index contributed by atoms with van der Waals surface area (Å²) in [6.45, 7) is 5.06. The van der Waals surface area contributed by atoms with Crippen LogP contribution >= 0.6 is 0 Å². The average Bonchev–Trinajstić information content (AvgIpc) is 2.55. The van der Waals surface area contributed by atoms with E-state index in [-0.39, 0.29) is 0 Å². The topological polar surface area (TPSA) is 68.9 Å². The Morgan fingerprint density at radius 1 is 1.18 bits per heavy atom. The van der Waals surface area contributed by atoms with E-state index in [1.165, 1.54) is 5.56 Å². The lowest BCUT2D eigenvalue weighted by Crippen LogP contribution is -2.32. The molecular weight excluding hydrogens is 278 g/mol. The van der Waals surface area contributed by atoms with Crippen molar-refractivity contribution in [3.8, 4) is 5.75 Å². The minimum atomic E-state index is 0.529. The van der Waals surface area contributed by atoms with Crippen LogP contribution in [0.25, 0.3) is 0 Å². The lowest BCUT2D eigenvalue weighted by atomic mass is 10.1. The van der Waals surface area contributed by atoms with Gasteiger partial charge in [0, 0.05) is 26.3 Å². The number of aryl methyl sites for hydroxylation is 1. The van der Waals surface area contributed by atoms with Gasteiger partial charge in [-0.05, 0) is 50.3 Å². The van der Waals surface area contributed by atoms with Crippen molar-refractivity contribution in [2.24, 2.45) is 10.7 Å². The molecule has 1 aromatic rings. The summed E-state index contributed by atoms with van der Waals surface area (Å²) in [5.41, 5.74) is 7.13. The van der Waals surface area contributed by atoms with Crippen molar-refractivity contribution in [2.45, 2.75) is 32.6 Å². The zero-order chi connectivity index (χ0) is 16.0. The van der Waals surface area contributed by atoms with Crippen LogP contribution in [0.2, 0.25) is 0 Å². The molecule has 0 radical (unpaired) electrons. The number of unbranched alkanes of at least 4 members (excludes halogenated alkanes) is 1. The van der Waals surface area contributed by atoms with E-state index in [1.807, 2.05) is 19.1 Å². The van der Waals surface area contributed by atoms with E-state index in [2.05, 4.69) is 22.4 Å². The highest BCUT2D eigenvalue weighted by molar-refractivity contribution is 5.77. The van der Waals surface area contributed by atoms with E-state index in [1.54, 1.807) is 7.11 Å². The van der Waals surface area contributed by atoms with Crippen LogP contribution in [-0.4, -0.2) is 39.4 Å². The van der Waals surface area contributed by atoms with Crippen molar-refractivity contribution in [3.05, 3.63) is 29.8 Å². The first kappa shape index (κ1) is 18.3. The first-order valence-electron chi connectivity index (χ1n) is 8.00. The summed E-state index contributed by atoms with van der Waals surface area (Å²) in [6, 6.07) is 8.22. The molecule has 0 saturated carbocycles. The van der Waals surface area contributed by atoms with E-state index >= 15 is 0 Å². The molecule has 124 valence electrons. The molecule has 1 aromatic carbocycles. The molecule has 5 nitrogen and oxygen atoms in total. The van der Waals surface area contributed by atoms with Crippen molar-refractivity contribution in [2.75, 3.05) is 33.4 Å². The van der Waals surface area contributed by atoms with Gasteiger partial charge in [-0.25, -0.2) is 0 Å². The zero-order valence-electron chi connectivity index (χ0n) is 13.8. The number of rotatable bonds is 11. The Balaban J connectivity index is 2.05. The third-order valence-corrected chi connectivity index (χ3v) is 3.29. The smallest absolute Gasteiger partial charge is 0.188 e. The molecular formula is C17H29N3O2. The normalized spacial score (nSPS) is 11.5. The van der Waals surface area contributed by atoms with Crippen molar-refractivity contribution in [1.82, 2.24) is 5.32 Å². The van der Waals surface area contributed by atoms with Crippen LogP contribution in [0.5, 0.6) is 5.75 Å². The van der Waals surface area contributed by atoms with Crippen LogP contribution in [0.15, 0.2) is 29.3 Å². The largest absolute Gasteiger partial charge is 0.497 e. The second-order valence-corrected chi connectivity index (χ2v) is 5.05. The summed E-state index contributed by atoms with van der Waals surface area (Å²) in [4.78, 5) is 4.26. The average molecular weight is 307 g/mol. The molecule has 0 spiro atoms. The van der Waals surface area contributed by atoms with E-state index in [0.717, 1.165) is 51.2 Å². The third-order valence-electron chi connectivity index (χ3n) is 3.29. The molecule has 1 rings (SSSR count). The summed E-state index contributed by atoms with van der Waals surface area (Å²) in [5, 5.41) is 3.14. The number of nitrogens with zero attached hydrogens (tertiary/aromatic N) is 1. The Morgan fingerprint density at radius 3 is 2.64 bits per heavy atom. The van der Waals surface area contributed by atoms with Crippen LogP contribution < -0.4 is 15.8 Å². The van der Waals surface area contributed by atoms with Crippen molar-refractivity contribution < 1.29 is 9.47 Å². The Kier molecular flexibility index (Phi) is 9.87. The van der Waals surface area contributed by atoms with Gasteiger partial charge in [0.25, 0.3) is 0 Å². The van der Waals surface area contributed by atoms with E-state index in [9.17, 15) is 0 Å². The van der Waals surface area contributed by atoms with E-state index < -0.39 is 0 Å². The first-order chi connectivity index (χ1) is 10.8. The molecule has 3 N–H and O–H groups in total. The lowest BCUT2D eigenvalue weighted by Gasteiger charge is -2.06. The molecule has 0 aliphatic heterocycles. The van der Waals surface area contributed by atoms with Gasteiger partial charge in [0.2, 0.25) is 0 Å². The molecule has 0 amide bonds. The number of nitrogens with two attached hydrogens (primary N) is 1. The van der Waals surface area contributed by atoms with Gasteiger partial charge in [0.05, 0.1) is 7.11 Å². The molecule has 0 bridgehead atoms. The number of aliphatic imine (C=N–C) groups is 1. The fourth-order valence-corrected chi connectivity index (χ4v) is 2.03. The summed E-state index contributed by atoms with van der Waals surface area (Å²) >= 11 is 0. The Bertz CT molecular complexity index is 418. The number of hydrogen-bond donors (Lipinski definition) is 2. The fraction of sp³-hybridized carbons (Fsp3) is 0.588. The molecule has 0 fully saturated rings. The van der Waals surface area contributed by atoms with Crippen molar-refractivity contribution >= 4 is 5.96 Å². The maximum Gasteiger partial charge on any atom is 0.188 e. The SMILES string of the molecule is CCOCCCN=C(N)NCCCCc1ccc(OC)cc1. The summed E-state index contributed by atoms with van der Waals surface area (Å²) in [6.07, 6.45) is 4.17. The molecule has 22 heavy (non-hydrogen) atoms. The number of methoxy groups -OCH3 is 1. The number of guanidine groups is 1. The Hall–Kier alpha value is -1.75. The van der Waals surface area contributed by atoms with Gasteiger partial charge in [-0.2, -0.15) is 0 Å². The van der Waals surface area contributed by atoms with Crippen LogP contribution in [-0.2, 0) is 11.2 Å². The number of hydrogen-bond acceptors (Lipinski definition) is 3. The highest BCUT2D eigenvalue weighted by Gasteiger charge is 1.96. The maximum atomic E-state index is 5.80. The van der Waals surface area contributed by atoms with Crippen LogP contribution in [0.3, 0.4) is 0 Å². The number of ether oxygens (including phenoxy) is 2. The fourth-order valence-electron chi connectivity index (χ4n) is 2.03. The van der Waals surface area contributed by atoms with Crippen molar-refractivity contribution in [1.29, 1.82) is 0 Å². The van der Waals surface area contributed by atoms with Gasteiger partial charge in [0.1, 0.15) is 5.75 Å². The van der Waals surface area contributed by atoms with Crippen LogP contribution in [0.1, 0.15) is 31.7 Å². The van der Waals surface area contributed by atoms with Gasteiger partial charge >= 0.3 is 0 Å². The standard InChI is InChI=1S/C17H29N3O2/c1-3-22-14-6-13-20-17(18)19-12-5-4-7-15-8-10-16(21-2)11-9-15/h8-11H,3-7,12-14H2,1-2H3,(H3,18,19,20). The Labute approximate surface area is 133 Å². The number of benzene rings is 1. The summed E-state index contributed by atoms with van der Waals surface area (Å²) in [7, 11) is 1.68. The van der Waals surface area contributed by atoms with E-state index in [0.29, 0.717) is 12.5 Å². The molecule has 0 aromatic heterocycles. The molecule has 0 aliphatic rings. The third kappa shape index (κ3) is 8.52. The van der Waals surface area contributed by atoms with Crippen LogP contribution in [0, 0.1) is 0 Å².